The van der Waals surface area contributed by atoms with Gasteiger partial charge in [-0.25, -0.2) is 0 Å². The first kappa shape index (κ1) is 16.0. The third-order valence-corrected chi connectivity index (χ3v) is 4.23. The van der Waals surface area contributed by atoms with Gasteiger partial charge in [0.1, 0.15) is 0 Å². The molecule has 0 aliphatic heterocycles. The van der Waals surface area contributed by atoms with Gasteiger partial charge in [-0.15, -0.1) is 0 Å². The summed E-state index contributed by atoms with van der Waals surface area (Å²) in [6, 6.07) is 8.30. The van der Waals surface area contributed by atoms with Gasteiger partial charge < -0.3 is 0 Å². The molecule has 0 saturated carbocycles. The standard InChI is InChI=1S/C12H16N4O3S/c1-3-7-10(2)20(18,19)16-15-14-13-12(17)11-8-5-4-6-9-11/h4-6,8-10H,3,7H2,1-2H3/p+1. The number of sulfonamides is 1. The molecule has 20 heavy (non-hydrogen) atoms. The third kappa shape index (κ3) is 4.91. The molecule has 0 aromatic heterocycles. The third-order valence-electron chi connectivity index (χ3n) is 2.59. The largest absolute Gasteiger partial charge is 0.335 e. The number of hydrogen-bond acceptors (Lipinski definition) is 4. The minimum atomic E-state index is -3.57. The highest BCUT2D eigenvalue weighted by Gasteiger charge is 2.23. The van der Waals surface area contributed by atoms with Crippen LogP contribution < -0.4 is 9.74 Å². The number of benzene rings is 1. The summed E-state index contributed by atoms with van der Waals surface area (Å²) in [6.07, 6.45) is 1.26. The van der Waals surface area contributed by atoms with E-state index in [-0.39, 0.29) is 0 Å². The normalized spacial score (nSPS) is 12.1. The van der Waals surface area contributed by atoms with Crippen LogP contribution >= 0.6 is 0 Å². The number of hydrogen-bond donors (Lipinski definition) is 1. The van der Waals surface area contributed by atoms with E-state index in [0.29, 0.717) is 12.0 Å². The Kier molecular flexibility index (Phi) is 6.02. The lowest BCUT2D eigenvalue weighted by atomic mass is 10.2. The molecule has 0 heterocycles. The first-order valence-corrected chi connectivity index (χ1v) is 7.72. The second-order valence-electron chi connectivity index (χ2n) is 4.20. The summed E-state index contributed by atoms with van der Waals surface area (Å²) in [4.78, 5) is 16.6. The Morgan fingerprint density at radius 3 is 2.60 bits per heavy atom. The quantitative estimate of drug-likeness (QED) is 0.492. The van der Waals surface area contributed by atoms with Crippen LogP contribution in [0.2, 0.25) is 0 Å². The minimum Gasteiger partial charge on any atom is -0.261 e. The maximum Gasteiger partial charge on any atom is 0.335 e. The number of nitrogens with zero attached hydrogens (tertiary/aromatic N) is 3. The van der Waals surface area contributed by atoms with Crippen LogP contribution in [0.1, 0.15) is 37.0 Å². The zero-order chi connectivity index (χ0) is 15.0. The average molecular weight is 297 g/mol. The molecule has 7 nitrogen and oxygen atoms in total. The van der Waals surface area contributed by atoms with E-state index >= 15 is 0 Å². The van der Waals surface area contributed by atoms with Crippen LogP contribution in [0.5, 0.6) is 0 Å². The SMILES string of the molecule is CCCC(C)S(=O)(=O)NN=[N+]=NC(=O)c1ccccc1. The lowest BCUT2D eigenvalue weighted by molar-refractivity contribution is 0.0992. The van der Waals surface area contributed by atoms with Crippen LogP contribution in [0, 0.1) is 0 Å². The highest BCUT2D eigenvalue weighted by Crippen LogP contribution is 2.05. The van der Waals surface area contributed by atoms with Crippen molar-refractivity contribution in [3.63, 3.8) is 0 Å². The molecule has 1 aromatic rings. The summed E-state index contributed by atoms with van der Waals surface area (Å²) in [6.45, 7) is 3.47. The Morgan fingerprint density at radius 1 is 1.35 bits per heavy atom. The van der Waals surface area contributed by atoms with Gasteiger partial charge in [0.15, 0.2) is 0 Å². The van der Waals surface area contributed by atoms with Gasteiger partial charge >= 0.3 is 15.9 Å². The van der Waals surface area contributed by atoms with Gasteiger partial charge in [0.25, 0.3) is 0 Å². The predicted molar refractivity (Wildman–Crippen MR) is 74.2 cm³/mol. The second-order valence-corrected chi connectivity index (χ2v) is 6.27. The molecule has 1 unspecified atom stereocenters. The van der Waals surface area contributed by atoms with E-state index in [1.165, 1.54) is 0 Å². The van der Waals surface area contributed by atoms with Gasteiger partial charge in [-0.2, -0.15) is 8.42 Å². The second kappa shape index (κ2) is 7.52. The number of carbonyl (C=O) groups is 1. The van der Waals surface area contributed by atoms with E-state index in [2.05, 4.69) is 15.2 Å². The van der Waals surface area contributed by atoms with Gasteiger partial charge in [0.2, 0.25) is 5.22 Å². The number of nitrogens with one attached hydrogen (secondary N) is 1. The predicted octanol–water partition coefficient (Wildman–Crippen LogP) is 1.82. The summed E-state index contributed by atoms with van der Waals surface area (Å²) in [5.74, 6) is -0.588. The van der Waals surface area contributed by atoms with Gasteiger partial charge in [-0.05, 0) is 25.5 Å². The molecular formula is C12H17N4O3S+. The summed E-state index contributed by atoms with van der Waals surface area (Å²) < 4.78 is 23.3. The summed E-state index contributed by atoms with van der Waals surface area (Å²) >= 11 is 0. The molecular weight excluding hydrogens is 280 g/mol. The molecule has 0 fully saturated rings. The van der Waals surface area contributed by atoms with Gasteiger partial charge in [0, 0.05) is 5.56 Å². The number of carbonyl (C=O) groups excluding carboxylic acids is 1. The van der Waals surface area contributed by atoms with Crippen molar-refractivity contribution in [3.05, 3.63) is 35.9 Å². The smallest absolute Gasteiger partial charge is 0.261 e. The van der Waals surface area contributed by atoms with Crippen molar-refractivity contribution < 1.29 is 13.2 Å². The minimum absolute atomic E-state index is 0.355. The van der Waals surface area contributed by atoms with Crippen LogP contribution in [0.15, 0.2) is 40.7 Å². The molecule has 1 aromatic carbocycles. The van der Waals surface area contributed by atoms with Crippen molar-refractivity contribution >= 4 is 15.9 Å². The van der Waals surface area contributed by atoms with E-state index in [1.54, 1.807) is 37.3 Å². The van der Waals surface area contributed by atoms with E-state index in [4.69, 9.17) is 0 Å². The van der Waals surface area contributed by atoms with Crippen LogP contribution in [0.25, 0.3) is 0 Å². The van der Waals surface area contributed by atoms with E-state index in [0.717, 1.165) is 6.42 Å². The number of amides is 1. The Labute approximate surface area is 117 Å². The molecule has 0 saturated heterocycles. The fourth-order valence-electron chi connectivity index (χ4n) is 1.43. The Bertz CT molecular complexity index is 607. The average Bonchev–Trinajstić information content (AvgIpc) is 2.44. The Morgan fingerprint density at radius 2 is 2.00 bits per heavy atom. The highest BCUT2D eigenvalue weighted by atomic mass is 32.2. The topological polar surface area (TPSA) is 102 Å². The van der Waals surface area contributed by atoms with Gasteiger partial charge in [-0.1, -0.05) is 36.4 Å². The highest BCUT2D eigenvalue weighted by molar-refractivity contribution is 7.90. The van der Waals surface area contributed by atoms with E-state index in [9.17, 15) is 13.2 Å². The van der Waals surface area contributed by atoms with E-state index in [1.807, 2.05) is 11.8 Å². The summed E-state index contributed by atoms with van der Waals surface area (Å²) in [5, 5.41) is 5.93. The van der Waals surface area contributed by atoms with Crippen LogP contribution in [0.3, 0.4) is 0 Å². The van der Waals surface area contributed by atoms with Crippen molar-refractivity contribution in [1.82, 2.24) is 9.74 Å². The van der Waals surface area contributed by atoms with Crippen molar-refractivity contribution in [1.29, 1.82) is 0 Å². The molecule has 8 heteroatoms. The van der Waals surface area contributed by atoms with Gasteiger partial charge in [-0.3, -0.25) is 4.79 Å². The van der Waals surface area contributed by atoms with Gasteiger partial charge in [0.05, 0.1) is 15.3 Å². The monoisotopic (exact) mass is 297 g/mol. The van der Waals surface area contributed by atoms with Crippen molar-refractivity contribution in [2.75, 3.05) is 0 Å². The first-order chi connectivity index (χ1) is 9.47. The van der Waals surface area contributed by atoms with Crippen molar-refractivity contribution in [2.45, 2.75) is 31.9 Å². The molecule has 0 aliphatic rings. The molecule has 0 spiro atoms. The van der Waals surface area contributed by atoms with Crippen LogP contribution in [0.4, 0.5) is 0 Å². The summed E-state index contributed by atoms with van der Waals surface area (Å²) in [7, 11) is -3.57. The fraction of sp³-hybridized carbons (Fsp3) is 0.417. The fourth-order valence-corrected chi connectivity index (χ4v) is 2.30. The van der Waals surface area contributed by atoms with Crippen LogP contribution in [-0.4, -0.2) is 19.6 Å². The molecule has 0 aliphatic carbocycles. The molecule has 0 bridgehead atoms. The molecule has 108 valence electrons. The maximum absolute atomic E-state index is 11.6. The van der Waals surface area contributed by atoms with Crippen molar-refractivity contribution in [3.8, 4) is 0 Å². The molecule has 1 rings (SSSR count). The molecule has 1 N–H and O–H groups in total. The maximum atomic E-state index is 11.6. The Hall–Kier alpha value is -2.05. The van der Waals surface area contributed by atoms with Crippen molar-refractivity contribution in [2.24, 2.45) is 10.3 Å². The molecule has 1 atom stereocenters. The zero-order valence-electron chi connectivity index (χ0n) is 11.4. The number of rotatable bonds is 6. The van der Waals surface area contributed by atoms with E-state index < -0.39 is 21.2 Å². The molecule has 1 amide bonds. The van der Waals surface area contributed by atoms with Crippen LogP contribution in [-0.2, 0) is 10.0 Å². The first-order valence-electron chi connectivity index (χ1n) is 6.18. The Balaban J connectivity index is 2.65. The lowest BCUT2D eigenvalue weighted by Crippen LogP contribution is -2.28. The zero-order valence-corrected chi connectivity index (χ0v) is 12.2. The lowest BCUT2D eigenvalue weighted by Gasteiger charge is -2.03. The summed E-state index contributed by atoms with van der Waals surface area (Å²) in [5.41, 5.74) is 0.355. The molecule has 0 radical (unpaired) electrons.